The van der Waals surface area contributed by atoms with Crippen molar-refractivity contribution in [2.45, 2.75) is 31.9 Å². The summed E-state index contributed by atoms with van der Waals surface area (Å²) in [7, 11) is -1.54. The van der Waals surface area contributed by atoms with Crippen LogP contribution in [0, 0.1) is 16.5 Å². The number of carbonyl (C=O) groups excluding carboxylic acids is 1. The molecule has 1 aromatic rings. The first-order valence-corrected chi connectivity index (χ1v) is 6.54. The SMILES string of the molecule is CCC(=O)N[C@H]1Cc2c(F)c(F)cc(C(O)N=O)c2OB1O. The Morgan fingerprint density at radius 2 is 2.32 bits per heavy atom. The fourth-order valence-electron chi connectivity index (χ4n) is 2.21. The number of benzene rings is 1. The van der Waals surface area contributed by atoms with E-state index in [9.17, 15) is 28.6 Å². The number of nitrogens with one attached hydrogen (secondary N) is 1. The second kappa shape index (κ2) is 6.36. The molecule has 0 fully saturated rings. The van der Waals surface area contributed by atoms with Crippen molar-refractivity contribution in [3.63, 3.8) is 0 Å². The molecule has 1 unspecified atom stereocenters. The molecule has 118 valence electrons. The number of amides is 1. The van der Waals surface area contributed by atoms with Gasteiger partial charge in [0.25, 0.3) is 0 Å². The molecule has 1 aliphatic heterocycles. The van der Waals surface area contributed by atoms with E-state index in [2.05, 4.69) is 10.5 Å². The van der Waals surface area contributed by atoms with Gasteiger partial charge in [-0.3, -0.25) is 4.79 Å². The fourth-order valence-corrected chi connectivity index (χ4v) is 2.21. The van der Waals surface area contributed by atoms with Crippen molar-refractivity contribution in [1.82, 2.24) is 5.32 Å². The van der Waals surface area contributed by atoms with E-state index < -0.39 is 36.8 Å². The van der Waals surface area contributed by atoms with Gasteiger partial charge < -0.3 is 20.1 Å². The molecule has 1 heterocycles. The van der Waals surface area contributed by atoms with Crippen LogP contribution in [-0.4, -0.2) is 29.1 Å². The van der Waals surface area contributed by atoms with Gasteiger partial charge in [0.15, 0.2) is 11.6 Å². The van der Waals surface area contributed by atoms with E-state index in [1.165, 1.54) is 0 Å². The van der Waals surface area contributed by atoms with Gasteiger partial charge in [0.2, 0.25) is 12.1 Å². The monoisotopic (exact) mass is 314 g/mol. The molecule has 0 aromatic heterocycles. The van der Waals surface area contributed by atoms with Gasteiger partial charge in [0.05, 0.1) is 5.94 Å². The first-order valence-electron chi connectivity index (χ1n) is 6.54. The lowest BCUT2D eigenvalue weighted by atomic mass is 9.72. The minimum Gasteiger partial charge on any atom is -0.534 e. The minimum atomic E-state index is -1.96. The lowest BCUT2D eigenvalue weighted by Gasteiger charge is -2.30. The summed E-state index contributed by atoms with van der Waals surface area (Å²) in [6, 6.07) is 0.581. The maximum absolute atomic E-state index is 13.9. The Morgan fingerprint density at radius 1 is 1.64 bits per heavy atom. The van der Waals surface area contributed by atoms with Gasteiger partial charge in [-0.2, -0.15) is 0 Å². The van der Waals surface area contributed by atoms with Crippen molar-refractivity contribution in [2.24, 2.45) is 5.18 Å². The summed E-state index contributed by atoms with van der Waals surface area (Å²) in [5.74, 6) is -4.26. The second-order valence-corrected chi connectivity index (χ2v) is 4.79. The number of rotatable bonds is 4. The molecule has 0 bridgehead atoms. The van der Waals surface area contributed by atoms with Crippen LogP contribution in [0.15, 0.2) is 11.2 Å². The Labute approximate surface area is 124 Å². The number of fused-ring (bicyclic) bond motifs is 1. The quantitative estimate of drug-likeness (QED) is 0.556. The van der Waals surface area contributed by atoms with Crippen molar-refractivity contribution >= 4 is 13.0 Å². The molecule has 1 amide bonds. The normalized spacial score (nSPS) is 18.2. The number of nitrogens with zero attached hydrogens (tertiary/aromatic N) is 1. The zero-order chi connectivity index (χ0) is 16.4. The van der Waals surface area contributed by atoms with Crippen LogP contribution in [0.3, 0.4) is 0 Å². The van der Waals surface area contributed by atoms with Gasteiger partial charge in [0.1, 0.15) is 5.75 Å². The van der Waals surface area contributed by atoms with E-state index in [4.69, 9.17) is 4.65 Å². The van der Waals surface area contributed by atoms with Crippen LogP contribution in [0.2, 0.25) is 0 Å². The summed E-state index contributed by atoms with van der Waals surface area (Å²) in [6.07, 6.45) is -2.08. The molecule has 22 heavy (non-hydrogen) atoms. The summed E-state index contributed by atoms with van der Waals surface area (Å²) in [6.45, 7) is 1.59. The Morgan fingerprint density at radius 3 is 2.91 bits per heavy atom. The Hall–Kier alpha value is -2.07. The molecule has 0 saturated heterocycles. The van der Waals surface area contributed by atoms with Crippen molar-refractivity contribution in [3.05, 3.63) is 33.7 Å². The van der Waals surface area contributed by atoms with Crippen LogP contribution in [0.4, 0.5) is 8.78 Å². The molecular formula is C12H13BF2N2O5. The van der Waals surface area contributed by atoms with Gasteiger partial charge in [-0.15, -0.1) is 4.91 Å². The predicted molar refractivity (Wildman–Crippen MR) is 71.6 cm³/mol. The van der Waals surface area contributed by atoms with Crippen molar-refractivity contribution in [2.75, 3.05) is 0 Å². The number of hydrogen-bond acceptors (Lipinski definition) is 6. The highest BCUT2D eigenvalue weighted by Crippen LogP contribution is 2.37. The number of aliphatic hydroxyl groups excluding tert-OH is 1. The number of hydrogen-bond donors (Lipinski definition) is 3. The highest BCUT2D eigenvalue weighted by atomic mass is 19.2. The highest BCUT2D eigenvalue weighted by molar-refractivity contribution is 6.46. The zero-order valence-electron chi connectivity index (χ0n) is 11.5. The van der Waals surface area contributed by atoms with Gasteiger partial charge in [0, 0.05) is 17.5 Å². The number of nitroso groups, excluding NO2 is 1. The topological polar surface area (TPSA) is 108 Å². The average Bonchev–Trinajstić information content (AvgIpc) is 2.51. The van der Waals surface area contributed by atoms with E-state index in [1.54, 1.807) is 6.92 Å². The first kappa shape index (κ1) is 16.3. The van der Waals surface area contributed by atoms with E-state index in [-0.39, 0.29) is 29.7 Å². The molecule has 0 aliphatic carbocycles. The van der Waals surface area contributed by atoms with Crippen molar-refractivity contribution in [1.29, 1.82) is 0 Å². The number of halogens is 2. The largest absolute Gasteiger partial charge is 0.547 e. The van der Waals surface area contributed by atoms with Crippen LogP contribution < -0.4 is 9.97 Å². The molecule has 3 N–H and O–H groups in total. The Bertz CT molecular complexity index is 616. The third kappa shape index (κ3) is 2.92. The van der Waals surface area contributed by atoms with E-state index in [0.29, 0.717) is 6.07 Å². The highest BCUT2D eigenvalue weighted by Gasteiger charge is 2.40. The maximum atomic E-state index is 13.9. The molecule has 0 saturated carbocycles. The first-order chi connectivity index (χ1) is 10.4. The predicted octanol–water partition coefficient (Wildman–Crippen LogP) is 0.571. The molecular weight excluding hydrogens is 301 g/mol. The number of aliphatic hydroxyl groups is 1. The summed E-state index contributed by atoms with van der Waals surface area (Å²) in [4.78, 5) is 21.8. The molecule has 2 atom stereocenters. The third-order valence-corrected chi connectivity index (χ3v) is 3.35. The van der Waals surface area contributed by atoms with E-state index in [1.807, 2.05) is 0 Å². The van der Waals surface area contributed by atoms with Gasteiger partial charge in [-0.1, -0.05) is 6.92 Å². The number of carbonyl (C=O) groups is 1. The Balaban J connectivity index is 2.44. The lowest BCUT2D eigenvalue weighted by Crippen LogP contribution is -2.53. The van der Waals surface area contributed by atoms with Gasteiger partial charge >= 0.3 is 7.12 Å². The molecule has 10 heteroatoms. The molecule has 2 rings (SSSR count). The third-order valence-electron chi connectivity index (χ3n) is 3.35. The summed E-state index contributed by atoms with van der Waals surface area (Å²) >= 11 is 0. The van der Waals surface area contributed by atoms with Crippen LogP contribution in [0.1, 0.15) is 30.7 Å². The van der Waals surface area contributed by atoms with Crippen molar-refractivity contribution < 1.29 is 28.4 Å². The summed E-state index contributed by atoms with van der Waals surface area (Å²) < 4.78 is 32.5. The molecule has 7 nitrogen and oxygen atoms in total. The smallest absolute Gasteiger partial charge is 0.534 e. The molecule has 1 aromatic carbocycles. The van der Waals surface area contributed by atoms with Crippen molar-refractivity contribution in [3.8, 4) is 5.75 Å². The lowest BCUT2D eigenvalue weighted by molar-refractivity contribution is -0.121. The Kier molecular flexibility index (Phi) is 4.72. The maximum Gasteiger partial charge on any atom is 0.547 e. The fraction of sp³-hybridized carbons (Fsp3) is 0.417. The van der Waals surface area contributed by atoms with Crippen LogP contribution in [-0.2, 0) is 11.2 Å². The standard InChI is InChI=1S/C12H13BF2N2O5/c1-2-9(18)16-8-4-5-10(15)7(14)3-6(12(19)17-21)11(5)22-13(8)20/h3,8,12,19-20H,2,4H2,1H3,(H,16,18)/t8-,12?/m0/s1. The summed E-state index contributed by atoms with van der Waals surface area (Å²) in [5, 5.41) is 24.0. The molecule has 1 aliphatic rings. The van der Waals surface area contributed by atoms with E-state index in [0.717, 1.165) is 0 Å². The van der Waals surface area contributed by atoms with Gasteiger partial charge in [-0.05, 0) is 17.7 Å². The van der Waals surface area contributed by atoms with E-state index >= 15 is 0 Å². The minimum absolute atomic E-state index is 0.140. The van der Waals surface area contributed by atoms with Gasteiger partial charge in [-0.25, -0.2) is 8.78 Å². The zero-order valence-corrected chi connectivity index (χ0v) is 11.5. The van der Waals surface area contributed by atoms with Crippen LogP contribution >= 0.6 is 0 Å². The molecule has 0 spiro atoms. The second-order valence-electron chi connectivity index (χ2n) is 4.79. The van der Waals surface area contributed by atoms with Crippen LogP contribution in [0.5, 0.6) is 5.75 Å². The molecule has 0 radical (unpaired) electrons. The summed E-state index contributed by atoms with van der Waals surface area (Å²) in [5.41, 5.74) is -0.673. The van der Waals surface area contributed by atoms with Crippen LogP contribution in [0.25, 0.3) is 0 Å². The average molecular weight is 314 g/mol.